The fraction of sp³-hybridized carbons (Fsp3) is 0. The summed E-state index contributed by atoms with van der Waals surface area (Å²) in [6.07, 6.45) is 3.84. The SMILES string of the molecule is C=CC(=O)[O][Sb]([O]C(=O)C=C)[c]1cc[c]([Sb]([O]C(=O)C=C)[O]C(=O)C=C)cc1. The van der Waals surface area contributed by atoms with Gasteiger partial charge in [-0.2, -0.15) is 0 Å². The third-order valence-corrected chi connectivity index (χ3v) is 10.7. The molecule has 0 N–H and O–H groups in total. The van der Waals surface area contributed by atoms with Crippen molar-refractivity contribution in [1.29, 1.82) is 0 Å². The van der Waals surface area contributed by atoms with E-state index in [1.165, 1.54) is 0 Å². The predicted molar refractivity (Wildman–Crippen MR) is 102 cm³/mol. The van der Waals surface area contributed by atoms with Gasteiger partial charge in [-0.15, -0.1) is 0 Å². The fourth-order valence-corrected chi connectivity index (χ4v) is 7.79. The Labute approximate surface area is 178 Å². The minimum absolute atomic E-state index is 0.489. The molecule has 0 amide bonds. The molecule has 0 aliphatic carbocycles. The summed E-state index contributed by atoms with van der Waals surface area (Å²) in [4.78, 5) is 46.1. The van der Waals surface area contributed by atoms with E-state index in [0.717, 1.165) is 24.3 Å². The summed E-state index contributed by atoms with van der Waals surface area (Å²) in [5, 5.41) is 0. The number of rotatable bonds is 10. The molecule has 0 radical (unpaired) electrons. The first-order valence-corrected chi connectivity index (χ1v) is 14.1. The van der Waals surface area contributed by atoms with E-state index < -0.39 is 66.0 Å². The van der Waals surface area contributed by atoms with Gasteiger partial charge in [-0.25, -0.2) is 0 Å². The van der Waals surface area contributed by atoms with E-state index in [0.29, 0.717) is 7.02 Å². The Morgan fingerprint density at radius 1 is 0.571 bits per heavy atom. The van der Waals surface area contributed by atoms with Crippen molar-refractivity contribution in [2.24, 2.45) is 0 Å². The Bertz CT molecular complexity index is 689. The number of hydrogen-bond donors (Lipinski definition) is 0. The van der Waals surface area contributed by atoms with Crippen LogP contribution in [-0.2, 0) is 31.2 Å². The molecule has 0 bridgehead atoms. The average Bonchev–Trinajstić information content (AvgIpc) is 2.72. The fourth-order valence-electron chi connectivity index (χ4n) is 1.42. The number of carbonyl (C=O) groups excluding carboxylic acids is 4. The van der Waals surface area contributed by atoms with Gasteiger partial charge in [0.2, 0.25) is 0 Å². The molecule has 1 rings (SSSR count). The van der Waals surface area contributed by atoms with Crippen LogP contribution in [0.25, 0.3) is 0 Å². The Kier molecular flexibility index (Phi) is 10.4. The summed E-state index contributed by atoms with van der Waals surface area (Å²) in [6, 6.07) is 6.19. The van der Waals surface area contributed by atoms with E-state index in [2.05, 4.69) is 26.3 Å². The van der Waals surface area contributed by atoms with E-state index in [1.54, 1.807) is 24.3 Å². The molecule has 0 fully saturated rings. The molecule has 0 aliphatic heterocycles. The number of benzene rings is 1. The van der Waals surface area contributed by atoms with Crippen LogP contribution in [0, 0.1) is 0 Å². The zero-order chi connectivity index (χ0) is 21.1. The van der Waals surface area contributed by atoms with Crippen molar-refractivity contribution >= 4 is 73.0 Å². The van der Waals surface area contributed by atoms with Crippen molar-refractivity contribution in [3.63, 3.8) is 0 Å². The molecular formula is C18H16O8Sb2. The van der Waals surface area contributed by atoms with Gasteiger partial charge >= 0.3 is 179 Å². The quantitative estimate of drug-likeness (QED) is 0.272. The van der Waals surface area contributed by atoms with Crippen LogP contribution in [0.15, 0.2) is 74.9 Å². The maximum absolute atomic E-state index is 11.5. The molecular weight excluding hydrogens is 588 g/mol. The van der Waals surface area contributed by atoms with Crippen LogP contribution in [0.5, 0.6) is 0 Å². The molecule has 1 aromatic carbocycles. The van der Waals surface area contributed by atoms with Gasteiger partial charge < -0.3 is 0 Å². The van der Waals surface area contributed by atoms with Crippen LogP contribution in [0.4, 0.5) is 0 Å². The summed E-state index contributed by atoms with van der Waals surface area (Å²) < 4.78 is 21.7. The minimum atomic E-state index is -3.44. The van der Waals surface area contributed by atoms with Crippen molar-refractivity contribution in [2.45, 2.75) is 0 Å². The normalized spacial score (nSPS) is 9.79. The van der Waals surface area contributed by atoms with Crippen LogP contribution in [0.1, 0.15) is 0 Å². The molecule has 0 atom stereocenters. The summed E-state index contributed by atoms with van der Waals surface area (Å²) in [5.41, 5.74) is 0. The average molecular weight is 604 g/mol. The monoisotopic (exact) mass is 602 g/mol. The van der Waals surface area contributed by atoms with E-state index >= 15 is 0 Å². The Hall–Kier alpha value is -2.30. The molecule has 28 heavy (non-hydrogen) atoms. The van der Waals surface area contributed by atoms with Gasteiger partial charge in [0.15, 0.2) is 0 Å². The molecule has 146 valence electrons. The predicted octanol–water partition coefficient (Wildman–Crippen LogP) is -0.00620. The van der Waals surface area contributed by atoms with E-state index in [9.17, 15) is 19.2 Å². The zero-order valence-electron chi connectivity index (χ0n) is 14.6. The summed E-state index contributed by atoms with van der Waals surface area (Å²) in [5.74, 6) is -2.89. The van der Waals surface area contributed by atoms with Crippen molar-refractivity contribution in [3.05, 3.63) is 74.9 Å². The molecule has 10 heteroatoms. The second-order valence-electron chi connectivity index (χ2n) is 4.49. The molecule has 0 aliphatic rings. The number of hydrogen-bond acceptors (Lipinski definition) is 8. The van der Waals surface area contributed by atoms with E-state index in [4.69, 9.17) is 12.1 Å². The van der Waals surface area contributed by atoms with Crippen LogP contribution >= 0.6 is 0 Å². The molecule has 0 aromatic heterocycles. The van der Waals surface area contributed by atoms with Crippen LogP contribution in [0.2, 0.25) is 0 Å². The van der Waals surface area contributed by atoms with Gasteiger partial charge in [0.25, 0.3) is 0 Å². The van der Waals surface area contributed by atoms with E-state index in [-0.39, 0.29) is 0 Å². The first kappa shape index (κ1) is 23.7. The maximum atomic E-state index is 11.5. The van der Waals surface area contributed by atoms with Crippen LogP contribution in [0.3, 0.4) is 0 Å². The van der Waals surface area contributed by atoms with Crippen LogP contribution < -0.4 is 7.02 Å². The van der Waals surface area contributed by atoms with Gasteiger partial charge in [-0.05, 0) is 0 Å². The van der Waals surface area contributed by atoms with Crippen LogP contribution in [-0.4, -0.2) is 66.0 Å². The Morgan fingerprint density at radius 3 is 0.964 bits per heavy atom. The Morgan fingerprint density at radius 2 is 0.786 bits per heavy atom. The van der Waals surface area contributed by atoms with Gasteiger partial charge in [-0.3, -0.25) is 0 Å². The second kappa shape index (κ2) is 12.2. The molecule has 0 heterocycles. The second-order valence-corrected chi connectivity index (χ2v) is 12.5. The summed E-state index contributed by atoms with van der Waals surface area (Å²) in [6.45, 7) is 13.2. The van der Waals surface area contributed by atoms with Crippen molar-refractivity contribution in [2.75, 3.05) is 0 Å². The summed E-state index contributed by atoms with van der Waals surface area (Å²) >= 11 is -6.88. The first-order chi connectivity index (χ1) is 13.3. The summed E-state index contributed by atoms with van der Waals surface area (Å²) in [7, 11) is 0. The standard InChI is InChI=1S/C6H4.4C3H4O2.2Sb/c1-2-4-6-5-3-1;4*1-2-3(4)5;;/h1-2,5-6H;4*2H,1H2,(H,4,5);;/q;;;;;2*+2/p-4. The van der Waals surface area contributed by atoms with Gasteiger partial charge in [0.1, 0.15) is 0 Å². The molecule has 1 aromatic rings. The molecule has 0 unspecified atom stereocenters. The third-order valence-electron chi connectivity index (χ3n) is 2.63. The topological polar surface area (TPSA) is 105 Å². The van der Waals surface area contributed by atoms with Gasteiger partial charge in [-0.1, -0.05) is 0 Å². The third kappa shape index (κ3) is 7.75. The zero-order valence-corrected chi connectivity index (χ0v) is 19.7. The van der Waals surface area contributed by atoms with Gasteiger partial charge in [0, 0.05) is 0 Å². The first-order valence-electron chi connectivity index (χ1n) is 7.42. The Balaban J connectivity index is 3.12. The van der Waals surface area contributed by atoms with Gasteiger partial charge in [0.05, 0.1) is 0 Å². The number of carbonyl (C=O) groups is 4. The van der Waals surface area contributed by atoms with Crippen molar-refractivity contribution in [3.8, 4) is 0 Å². The molecule has 0 saturated carbocycles. The molecule has 0 spiro atoms. The van der Waals surface area contributed by atoms with Crippen molar-refractivity contribution < 1.29 is 31.2 Å². The molecule has 8 nitrogen and oxygen atoms in total. The van der Waals surface area contributed by atoms with Crippen molar-refractivity contribution in [1.82, 2.24) is 0 Å². The van der Waals surface area contributed by atoms with E-state index in [1.807, 2.05) is 0 Å². The molecule has 0 saturated heterocycles.